The van der Waals surface area contributed by atoms with Crippen molar-refractivity contribution >= 4 is 19.8 Å². The van der Waals surface area contributed by atoms with Crippen molar-refractivity contribution in [2.75, 3.05) is 26.4 Å². The van der Waals surface area contributed by atoms with Gasteiger partial charge in [0.15, 0.2) is 6.10 Å². The molecular formula is C38H67O13P. The molecule has 0 aliphatic heterocycles. The highest BCUT2D eigenvalue weighted by atomic mass is 31.2. The standard InChI is InChI=1S/C38H67O13P/c1-4-5-14-21-32(40)22-16-11-7-8-12-17-23-35(42)36(43)24-19-26-37(44)48-29-34(30-50-52(46,47)49-28-33(41)27-39)51-38(45)25-18-13-9-6-10-15-20-31(2)3/h7-8,11-12,16-17,22-23,31-36,39-43H,4-6,9-10,13-15,18-21,24-30H2,1-3H3,(H,46,47)/b11-7-,12-8+,22-16+,23-17+/t32-,33+,34-,35-,36-/m1/s1. The molecule has 1 unspecified atom stereocenters. The van der Waals surface area contributed by atoms with Crippen LogP contribution in [0, 0.1) is 5.92 Å². The Hall–Kier alpha value is -2.19. The van der Waals surface area contributed by atoms with Gasteiger partial charge < -0.3 is 39.9 Å². The predicted molar refractivity (Wildman–Crippen MR) is 200 cm³/mol. The molecule has 0 aromatic rings. The number of aliphatic hydroxyl groups is 5. The monoisotopic (exact) mass is 762 g/mol. The number of hydrogen-bond acceptors (Lipinski definition) is 12. The molecule has 0 rings (SSSR count). The van der Waals surface area contributed by atoms with Crippen LogP contribution >= 0.6 is 7.82 Å². The van der Waals surface area contributed by atoms with Crippen molar-refractivity contribution in [1.82, 2.24) is 0 Å². The maximum Gasteiger partial charge on any atom is 0.472 e. The van der Waals surface area contributed by atoms with E-state index < -0.39 is 76.7 Å². The second-order valence-electron chi connectivity index (χ2n) is 13.3. The predicted octanol–water partition coefficient (Wildman–Crippen LogP) is 5.76. The molecular weight excluding hydrogens is 695 g/mol. The zero-order valence-electron chi connectivity index (χ0n) is 31.5. The molecule has 0 saturated carbocycles. The van der Waals surface area contributed by atoms with E-state index in [1.54, 1.807) is 42.5 Å². The summed E-state index contributed by atoms with van der Waals surface area (Å²) in [6, 6.07) is 0. The third kappa shape index (κ3) is 31.3. The number of esters is 2. The number of hydrogen-bond donors (Lipinski definition) is 6. The summed E-state index contributed by atoms with van der Waals surface area (Å²) in [4.78, 5) is 34.8. The minimum atomic E-state index is -4.69. The van der Waals surface area contributed by atoms with Gasteiger partial charge in [-0.2, -0.15) is 0 Å². The van der Waals surface area contributed by atoms with Crippen molar-refractivity contribution in [2.24, 2.45) is 5.92 Å². The van der Waals surface area contributed by atoms with Gasteiger partial charge in [0.1, 0.15) is 12.7 Å². The lowest BCUT2D eigenvalue weighted by Gasteiger charge is -2.20. The normalized spacial score (nSPS) is 16.5. The van der Waals surface area contributed by atoms with Gasteiger partial charge in [-0.15, -0.1) is 0 Å². The number of allylic oxidation sites excluding steroid dienone is 6. The van der Waals surface area contributed by atoms with E-state index in [0.29, 0.717) is 12.3 Å². The molecule has 302 valence electrons. The van der Waals surface area contributed by atoms with Crippen LogP contribution in [-0.2, 0) is 32.7 Å². The van der Waals surface area contributed by atoms with Crippen molar-refractivity contribution in [3.63, 3.8) is 0 Å². The number of phosphoric acid groups is 1. The number of carbonyl (C=O) groups is 2. The molecule has 0 heterocycles. The van der Waals surface area contributed by atoms with Crippen LogP contribution in [-0.4, -0.2) is 99.3 Å². The first kappa shape index (κ1) is 49.8. The molecule has 0 aliphatic carbocycles. The molecule has 6 atom stereocenters. The van der Waals surface area contributed by atoms with Crippen LogP contribution in [0.25, 0.3) is 0 Å². The minimum absolute atomic E-state index is 0.0968. The molecule has 0 fully saturated rings. The fraction of sp³-hybridized carbons (Fsp3) is 0.737. The van der Waals surface area contributed by atoms with Crippen molar-refractivity contribution in [2.45, 2.75) is 148 Å². The van der Waals surface area contributed by atoms with Gasteiger partial charge in [-0.1, -0.05) is 127 Å². The van der Waals surface area contributed by atoms with E-state index in [9.17, 15) is 39.5 Å². The molecule has 6 N–H and O–H groups in total. The average Bonchev–Trinajstić information content (AvgIpc) is 3.10. The fourth-order valence-electron chi connectivity index (χ4n) is 4.68. The Labute approximate surface area is 311 Å². The van der Waals surface area contributed by atoms with Gasteiger partial charge in [0.2, 0.25) is 0 Å². The lowest BCUT2D eigenvalue weighted by Crippen LogP contribution is -2.30. The molecule has 0 radical (unpaired) electrons. The van der Waals surface area contributed by atoms with E-state index in [0.717, 1.165) is 51.4 Å². The smallest absolute Gasteiger partial charge is 0.462 e. The number of phosphoric ester groups is 1. The molecule has 14 heteroatoms. The Kier molecular flexibility index (Phi) is 30.9. The maximum absolute atomic E-state index is 12.5. The first-order chi connectivity index (χ1) is 24.8. The topological polar surface area (TPSA) is 210 Å². The Morgan fingerprint density at radius 1 is 0.673 bits per heavy atom. The molecule has 0 bridgehead atoms. The summed E-state index contributed by atoms with van der Waals surface area (Å²) in [5.41, 5.74) is 0. The summed E-state index contributed by atoms with van der Waals surface area (Å²) in [6.45, 7) is 4.03. The van der Waals surface area contributed by atoms with E-state index in [2.05, 4.69) is 25.3 Å². The number of aliphatic hydroxyl groups excluding tert-OH is 5. The molecule has 0 saturated heterocycles. The second kappa shape index (κ2) is 32.3. The molecule has 0 amide bonds. The van der Waals surface area contributed by atoms with Crippen molar-refractivity contribution in [1.29, 1.82) is 0 Å². The minimum Gasteiger partial charge on any atom is -0.462 e. The molecule has 0 aromatic carbocycles. The average molecular weight is 763 g/mol. The SMILES string of the molecule is CCCCC[C@@H](O)/C=C/C=C\C=C\C=C\[C@@H](O)[C@H](O)CCCC(=O)OC[C@H](COP(=O)(O)OC[C@@H](O)CO)OC(=O)CCCCCCCCC(C)C. The van der Waals surface area contributed by atoms with Crippen LogP contribution in [0.1, 0.15) is 117 Å². The third-order valence-corrected chi connectivity index (χ3v) is 8.73. The summed E-state index contributed by atoms with van der Waals surface area (Å²) in [7, 11) is -4.69. The Balaban J connectivity index is 4.72. The van der Waals surface area contributed by atoms with E-state index in [1.165, 1.54) is 18.9 Å². The second-order valence-corrected chi connectivity index (χ2v) is 14.8. The number of rotatable bonds is 33. The molecule has 0 aromatic heterocycles. The summed E-state index contributed by atoms with van der Waals surface area (Å²) < 4.78 is 32.3. The van der Waals surface area contributed by atoms with Crippen LogP contribution in [0.15, 0.2) is 48.6 Å². The maximum atomic E-state index is 12.5. The van der Waals surface area contributed by atoms with E-state index in [1.807, 2.05) is 0 Å². The quantitative estimate of drug-likeness (QED) is 0.0204. The van der Waals surface area contributed by atoms with Crippen LogP contribution in [0.5, 0.6) is 0 Å². The molecule has 52 heavy (non-hydrogen) atoms. The first-order valence-electron chi connectivity index (χ1n) is 18.8. The van der Waals surface area contributed by atoms with Crippen molar-refractivity contribution in [3.8, 4) is 0 Å². The van der Waals surface area contributed by atoms with Gasteiger partial charge in [0.25, 0.3) is 0 Å². The highest BCUT2D eigenvalue weighted by Gasteiger charge is 2.27. The zero-order valence-corrected chi connectivity index (χ0v) is 32.4. The third-order valence-electron chi connectivity index (χ3n) is 7.78. The molecule has 0 aliphatic rings. The molecule has 13 nitrogen and oxygen atoms in total. The Morgan fingerprint density at radius 2 is 1.25 bits per heavy atom. The van der Waals surface area contributed by atoms with E-state index >= 15 is 0 Å². The van der Waals surface area contributed by atoms with Crippen LogP contribution in [0.2, 0.25) is 0 Å². The van der Waals surface area contributed by atoms with Crippen LogP contribution < -0.4 is 0 Å². The van der Waals surface area contributed by atoms with Crippen molar-refractivity contribution < 1.29 is 63.1 Å². The van der Waals surface area contributed by atoms with Gasteiger partial charge in [-0.3, -0.25) is 18.6 Å². The zero-order chi connectivity index (χ0) is 39.0. The number of unbranched alkanes of at least 4 members (excludes halogenated alkanes) is 7. The molecule has 0 spiro atoms. The highest BCUT2D eigenvalue weighted by molar-refractivity contribution is 7.47. The lowest BCUT2D eigenvalue weighted by atomic mass is 10.0. The van der Waals surface area contributed by atoms with Gasteiger partial charge in [-0.25, -0.2) is 4.57 Å². The summed E-state index contributed by atoms with van der Waals surface area (Å²) >= 11 is 0. The van der Waals surface area contributed by atoms with E-state index in [4.69, 9.17) is 19.1 Å². The largest absolute Gasteiger partial charge is 0.472 e. The van der Waals surface area contributed by atoms with Gasteiger partial charge in [-0.05, 0) is 31.6 Å². The van der Waals surface area contributed by atoms with Gasteiger partial charge >= 0.3 is 19.8 Å². The number of ether oxygens (including phenoxy) is 2. The van der Waals surface area contributed by atoms with Crippen molar-refractivity contribution in [3.05, 3.63) is 48.6 Å². The summed E-state index contributed by atoms with van der Waals surface area (Å²) in [5.74, 6) is -0.584. The fourth-order valence-corrected chi connectivity index (χ4v) is 5.47. The number of carbonyl (C=O) groups excluding carboxylic acids is 2. The lowest BCUT2D eigenvalue weighted by molar-refractivity contribution is -0.161. The van der Waals surface area contributed by atoms with Gasteiger partial charge in [0.05, 0.1) is 38.1 Å². The Bertz CT molecular complexity index is 1080. The first-order valence-corrected chi connectivity index (χ1v) is 20.3. The highest BCUT2D eigenvalue weighted by Crippen LogP contribution is 2.43. The van der Waals surface area contributed by atoms with Crippen LogP contribution in [0.4, 0.5) is 0 Å². The van der Waals surface area contributed by atoms with E-state index in [-0.39, 0.29) is 25.7 Å². The van der Waals surface area contributed by atoms with Gasteiger partial charge in [0, 0.05) is 12.8 Å². The summed E-state index contributed by atoms with van der Waals surface area (Å²) in [5, 5.41) is 48.6. The summed E-state index contributed by atoms with van der Waals surface area (Å²) in [6.07, 6.45) is 19.3. The van der Waals surface area contributed by atoms with Crippen LogP contribution in [0.3, 0.4) is 0 Å². The Morgan fingerprint density at radius 3 is 1.90 bits per heavy atom.